The van der Waals surface area contributed by atoms with Gasteiger partial charge < -0.3 is 10.4 Å². The maximum absolute atomic E-state index is 12.1. The molecule has 1 fully saturated rings. The molecule has 5 nitrogen and oxygen atoms in total. The van der Waals surface area contributed by atoms with Gasteiger partial charge in [0.05, 0.1) is 10.7 Å². The number of amides is 1. The first-order chi connectivity index (χ1) is 8.41. The second-order valence-corrected chi connectivity index (χ2v) is 5.98. The summed E-state index contributed by atoms with van der Waals surface area (Å²) in [7, 11) is 0. The fourth-order valence-electron chi connectivity index (χ4n) is 1.68. The molecule has 98 valence electrons. The maximum atomic E-state index is 12.1. The topological polar surface area (TPSA) is 79.3 Å². The number of carbonyl (C=O) groups excluding carboxylic acids is 1. The summed E-state index contributed by atoms with van der Waals surface area (Å²) in [5.74, 6) is -1.52. The van der Waals surface area contributed by atoms with Crippen LogP contribution in [-0.4, -0.2) is 28.0 Å². The molecule has 18 heavy (non-hydrogen) atoms. The average Bonchev–Trinajstić information content (AvgIpc) is 3.01. The van der Waals surface area contributed by atoms with Crippen LogP contribution >= 0.6 is 11.3 Å². The lowest BCUT2D eigenvalue weighted by atomic mass is 9.84. The molecular weight excluding hydrogens is 252 g/mol. The Kier molecular flexibility index (Phi) is 3.38. The molecule has 1 amide bonds. The lowest BCUT2D eigenvalue weighted by Gasteiger charge is -2.22. The number of nitrogens with zero attached hydrogens (tertiary/aromatic N) is 1. The Balaban J connectivity index is 2.14. The number of aliphatic carboxylic acids is 1. The highest BCUT2D eigenvalue weighted by Gasteiger charge is 2.43. The van der Waals surface area contributed by atoms with E-state index in [4.69, 9.17) is 0 Å². The van der Waals surface area contributed by atoms with E-state index in [1.54, 1.807) is 5.38 Å². The summed E-state index contributed by atoms with van der Waals surface area (Å²) < 4.78 is 0. The maximum Gasteiger partial charge on any atom is 0.319 e. The summed E-state index contributed by atoms with van der Waals surface area (Å²) >= 11 is 1.46. The van der Waals surface area contributed by atoms with Crippen LogP contribution in [0.15, 0.2) is 5.38 Å². The highest BCUT2D eigenvalue weighted by Crippen LogP contribution is 2.27. The zero-order chi connectivity index (χ0) is 13.3. The molecule has 0 aromatic carbocycles. The predicted octanol–water partition coefficient (Wildman–Crippen LogP) is 1.36. The lowest BCUT2D eigenvalue weighted by molar-refractivity contribution is -0.154. The van der Waals surface area contributed by atoms with Crippen molar-refractivity contribution in [1.82, 2.24) is 10.3 Å². The van der Waals surface area contributed by atoms with Crippen molar-refractivity contribution >= 4 is 23.2 Å². The smallest absolute Gasteiger partial charge is 0.319 e. The van der Waals surface area contributed by atoms with Gasteiger partial charge in [-0.3, -0.25) is 9.59 Å². The number of aryl methyl sites for hydroxylation is 1. The number of hydrogen-bond acceptors (Lipinski definition) is 4. The van der Waals surface area contributed by atoms with Gasteiger partial charge in [-0.2, -0.15) is 0 Å². The molecule has 0 saturated heterocycles. The number of nitrogens with one attached hydrogen (secondary N) is 1. The molecule has 1 heterocycles. The number of aromatic nitrogens is 1. The van der Waals surface area contributed by atoms with Crippen LogP contribution < -0.4 is 5.32 Å². The molecule has 1 aromatic rings. The Labute approximate surface area is 109 Å². The van der Waals surface area contributed by atoms with E-state index in [9.17, 15) is 14.7 Å². The third-order valence-electron chi connectivity index (χ3n) is 3.09. The number of carboxylic acid groups (broad SMARTS) is 1. The van der Waals surface area contributed by atoms with Gasteiger partial charge in [0.2, 0.25) is 5.91 Å². The molecule has 1 aliphatic carbocycles. The summed E-state index contributed by atoms with van der Waals surface area (Å²) in [6, 6.07) is 0.161. The van der Waals surface area contributed by atoms with Crippen LogP contribution in [0.25, 0.3) is 0 Å². The molecule has 6 heteroatoms. The van der Waals surface area contributed by atoms with Gasteiger partial charge in [-0.05, 0) is 26.7 Å². The molecule has 2 rings (SSSR count). The summed E-state index contributed by atoms with van der Waals surface area (Å²) in [5, 5.41) is 14.8. The van der Waals surface area contributed by atoms with Crippen LogP contribution in [0.1, 0.15) is 30.5 Å². The molecule has 1 saturated carbocycles. The molecule has 0 aliphatic heterocycles. The van der Waals surface area contributed by atoms with Crippen molar-refractivity contribution in [2.24, 2.45) is 5.41 Å². The second kappa shape index (κ2) is 4.68. The van der Waals surface area contributed by atoms with Gasteiger partial charge >= 0.3 is 5.97 Å². The van der Waals surface area contributed by atoms with Gasteiger partial charge in [-0.25, -0.2) is 4.98 Å². The first-order valence-corrected chi connectivity index (χ1v) is 6.75. The number of rotatable bonds is 5. The summed E-state index contributed by atoms with van der Waals surface area (Å²) in [4.78, 5) is 27.7. The minimum Gasteiger partial charge on any atom is -0.480 e. The van der Waals surface area contributed by atoms with Crippen molar-refractivity contribution in [2.45, 2.75) is 39.2 Å². The fraction of sp³-hybridized carbons (Fsp3) is 0.583. The molecule has 1 atom stereocenters. The standard InChI is InChI=1S/C12H16N2O3S/c1-7-13-9(6-18-7)5-12(2,11(16)17)10(15)14-8-3-4-8/h6,8H,3-5H2,1-2H3,(H,14,15)(H,16,17). The van der Waals surface area contributed by atoms with E-state index in [0.717, 1.165) is 17.8 Å². The zero-order valence-electron chi connectivity index (χ0n) is 10.4. The van der Waals surface area contributed by atoms with Gasteiger partial charge in [0.15, 0.2) is 0 Å². The van der Waals surface area contributed by atoms with E-state index in [0.29, 0.717) is 5.69 Å². The van der Waals surface area contributed by atoms with E-state index in [2.05, 4.69) is 10.3 Å². The van der Waals surface area contributed by atoms with Crippen LogP contribution in [-0.2, 0) is 16.0 Å². The number of carboxylic acids is 1. The Morgan fingerprint density at radius 3 is 2.72 bits per heavy atom. The molecule has 1 aromatic heterocycles. The average molecular weight is 268 g/mol. The zero-order valence-corrected chi connectivity index (χ0v) is 11.2. The van der Waals surface area contributed by atoms with Crippen LogP contribution in [0.5, 0.6) is 0 Å². The predicted molar refractivity (Wildman–Crippen MR) is 67.5 cm³/mol. The van der Waals surface area contributed by atoms with Crippen molar-refractivity contribution in [1.29, 1.82) is 0 Å². The highest BCUT2D eigenvalue weighted by atomic mass is 32.1. The van der Waals surface area contributed by atoms with Gasteiger partial charge in [-0.1, -0.05) is 0 Å². The van der Waals surface area contributed by atoms with Crippen LogP contribution in [0.2, 0.25) is 0 Å². The van der Waals surface area contributed by atoms with Gasteiger partial charge in [0, 0.05) is 17.8 Å². The monoisotopic (exact) mass is 268 g/mol. The van der Waals surface area contributed by atoms with Gasteiger partial charge in [-0.15, -0.1) is 11.3 Å². The SMILES string of the molecule is Cc1nc(CC(C)(C(=O)O)C(=O)NC2CC2)cs1. The number of carbonyl (C=O) groups is 2. The molecule has 1 aliphatic rings. The largest absolute Gasteiger partial charge is 0.480 e. The quantitative estimate of drug-likeness (QED) is 0.790. The molecule has 0 spiro atoms. The van der Waals surface area contributed by atoms with Crippen molar-refractivity contribution < 1.29 is 14.7 Å². The molecule has 0 bridgehead atoms. The normalized spacial score (nSPS) is 18.1. The summed E-state index contributed by atoms with van der Waals surface area (Å²) in [6.45, 7) is 3.32. The minimum atomic E-state index is -1.44. The number of hydrogen-bond donors (Lipinski definition) is 2. The van der Waals surface area contributed by atoms with Crippen molar-refractivity contribution in [3.05, 3.63) is 16.1 Å². The minimum absolute atomic E-state index is 0.130. The molecule has 0 radical (unpaired) electrons. The second-order valence-electron chi connectivity index (χ2n) is 4.92. The first kappa shape index (κ1) is 13.0. The van der Waals surface area contributed by atoms with E-state index in [1.807, 2.05) is 6.92 Å². The summed E-state index contributed by atoms with van der Waals surface area (Å²) in [5.41, 5.74) is -0.781. The van der Waals surface area contributed by atoms with Crippen molar-refractivity contribution in [2.75, 3.05) is 0 Å². The Hall–Kier alpha value is -1.43. The van der Waals surface area contributed by atoms with Crippen LogP contribution in [0.3, 0.4) is 0 Å². The van der Waals surface area contributed by atoms with Gasteiger partial charge in [0.1, 0.15) is 5.41 Å². The van der Waals surface area contributed by atoms with E-state index in [-0.39, 0.29) is 12.5 Å². The van der Waals surface area contributed by atoms with E-state index >= 15 is 0 Å². The van der Waals surface area contributed by atoms with Crippen LogP contribution in [0.4, 0.5) is 0 Å². The van der Waals surface area contributed by atoms with Crippen molar-refractivity contribution in [3.63, 3.8) is 0 Å². The van der Waals surface area contributed by atoms with E-state index in [1.165, 1.54) is 18.3 Å². The molecule has 1 unspecified atom stereocenters. The van der Waals surface area contributed by atoms with Crippen LogP contribution in [0, 0.1) is 12.3 Å². The number of thiazole rings is 1. The third-order valence-corrected chi connectivity index (χ3v) is 3.91. The third kappa shape index (κ3) is 2.69. The summed E-state index contributed by atoms with van der Waals surface area (Å²) in [6.07, 6.45) is 2.01. The Morgan fingerprint density at radius 1 is 1.61 bits per heavy atom. The highest BCUT2D eigenvalue weighted by molar-refractivity contribution is 7.09. The van der Waals surface area contributed by atoms with E-state index < -0.39 is 17.3 Å². The van der Waals surface area contributed by atoms with Gasteiger partial charge in [0.25, 0.3) is 0 Å². The Morgan fingerprint density at radius 2 is 2.28 bits per heavy atom. The first-order valence-electron chi connectivity index (χ1n) is 5.87. The lowest BCUT2D eigenvalue weighted by Crippen LogP contribution is -2.46. The molecular formula is C12H16N2O3S. The Bertz CT molecular complexity index is 481. The fourth-order valence-corrected chi connectivity index (χ4v) is 2.29. The van der Waals surface area contributed by atoms with Crippen molar-refractivity contribution in [3.8, 4) is 0 Å². The molecule has 2 N–H and O–H groups in total.